The lowest BCUT2D eigenvalue weighted by Crippen LogP contribution is -2.41. The summed E-state index contributed by atoms with van der Waals surface area (Å²) in [6.45, 7) is 1.89. The van der Waals surface area contributed by atoms with Crippen LogP contribution in [-0.4, -0.2) is 23.8 Å². The molecule has 3 N–H and O–H groups in total. The number of aryl methyl sites for hydroxylation is 1. The zero-order valence-electron chi connectivity index (χ0n) is 11.7. The van der Waals surface area contributed by atoms with E-state index in [1.807, 2.05) is 25.1 Å². The number of nitrogens with one attached hydrogen (secondary N) is 2. The number of urea groups is 1. The third-order valence-electron chi connectivity index (χ3n) is 3.49. The van der Waals surface area contributed by atoms with Crippen LogP contribution in [0.1, 0.15) is 37.3 Å². The van der Waals surface area contributed by atoms with E-state index in [0.717, 1.165) is 36.1 Å². The monoisotopic (exact) mass is 272 g/mol. The summed E-state index contributed by atoms with van der Waals surface area (Å²) in [5.74, 6) is 5.49. The van der Waals surface area contributed by atoms with Crippen molar-refractivity contribution in [1.29, 1.82) is 0 Å². The molecule has 0 spiro atoms. The van der Waals surface area contributed by atoms with Gasteiger partial charge in [0, 0.05) is 17.3 Å². The largest absolute Gasteiger partial charge is 0.384 e. The molecule has 1 aliphatic carbocycles. The standard InChI is InChI=1S/C16H20N2O2/c1-2-13-11-12(5-4-10-19)8-9-15(13)18-16(20)17-14-6-3-7-14/h8-9,11,14,19H,2-3,6-7,10H2,1H3,(H2,17,18,20). The minimum Gasteiger partial charge on any atom is -0.384 e. The molecule has 2 rings (SSSR count). The van der Waals surface area contributed by atoms with Crippen molar-refractivity contribution < 1.29 is 9.90 Å². The van der Waals surface area contributed by atoms with Crippen molar-refractivity contribution in [3.05, 3.63) is 29.3 Å². The second kappa shape index (κ2) is 6.97. The highest BCUT2D eigenvalue weighted by Gasteiger charge is 2.19. The Balaban J connectivity index is 2.04. The fraction of sp³-hybridized carbons (Fsp3) is 0.438. The zero-order valence-corrected chi connectivity index (χ0v) is 11.7. The number of benzene rings is 1. The quantitative estimate of drug-likeness (QED) is 0.739. The Hall–Kier alpha value is -1.99. The molecule has 1 saturated carbocycles. The first-order chi connectivity index (χ1) is 9.72. The predicted molar refractivity (Wildman–Crippen MR) is 79.6 cm³/mol. The van der Waals surface area contributed by atoms with Crippen LogP contribution < -0.4 is 10.6 Å². The van der Waals surface area contributed by atoms with Gasteiger partial charge >= 0.3 is 6.03 Å². The average molecular weight is 272 g/mol. The Kier molecular flexibility index (Phi) is 5.03. The van der Waals surface area contributed by atoms with E-state index in [1.165, 1.54) is 6.42 Å². The maximum Gasteiger partial charge on any atom is 0.319 e. The minimum atomic E-state index is -0.148. The van der Waals surface area contributed by atoms with Crippen molar-refractivity contribution in [3.63, 3.8) is 0 Å². The molecule has 0 heterocycles. The van der Waals surface area contributed by atoms with E-state index in [1.54, 1.807) is 0 Å². The number of hydrogen-bond acceptors (Lipinski definition) is 2. The minimum absolute atomic E-state index is 0.140. The maximum absolute atomic E-state index is 11.9. The lowest BCUT2D eigenvalue weighted by molar-refractivity contribution is 0.240. The SMILES string of the molecule is CCc1cc(C#CCO)ccc1NC(=O)NC1CCC1. The predicted octanol–water partition coefficient (Wildman–Crippen LogP) is 2.27. The van der Waals surface area contributed by atoms with Gasteiger partial charge in [0.05, 0.1) is 0 Å². The van der Waals surface area contributed by atoms with Crippen molar-refractivity contribution in [3.8, 4) is 11.8 Å². The number of aliphatic hydroxyl groups excluding tert-OH is 1. The third kappa shape index (κ3) is 3.75. The number of rotatable bonds is 3. The molecule has 0 bridgehead atoms. The van der Waals surface area contributed by atoms with Crippen LogP contribution in [0.15, 0.2) is 18.2 Å². The highest BCUT2D eigenvalue weighted by atomic mass is 16.2. The maximum atomic E-state index is 11.9. The van der Waals surface area contributed by atoms with Crippen LogP contribution >= 0.6 is 0 Å². The molecule has 0 aliphatic heterocycles. The smallest absolute Gasteiger partial charge is 0.319 e. The highest BCUT2D eigenvalue weighted by Crippen LogP contribution is 2.20. The van der Waals surface area contributed by atoms with Gasteiger partial charge in [0.15, 0.2) is 0 Å². The topological polar surface area (TPSA) is 61.4 Å². The van der Waals surface area contributed by atoms with Gasteiger partial charge in [0.2, 0.25) is 0 Å². The van der Waals surface area contributed by atoms with Crippen molar-refractivity contribution in [2.24, 2.45) is 0 Å². The zero-order chi connectivity index (χ0) is 14.4. The molecule has 1 aliphatic rings. The molecule has 20 heavy (non-hydrogen) atoms. The summed E-state index contributed by atoms with van der Waals surface area (Å²) in [7, 11) is 0. The van der Waals surface area contributed by atoms with Gasteiger partial charge in [-0.15, -0.1) is 0 Å². The van der Waals surface area contributed by atoms with Crippen LogP contribution in [0.25, 0.3) is 0 Å². The van der Waals surface area contributed by atoms with Gasteiger partial charge in [0.25, 0.3) is 0 Å². The molecule has 0 atom stereocenters. The third-order valence-corrected chi connectivity index (χ3v) is 3.49. The van der Waals surface area contributed by atoms with Crippen LogP contribution in [0.5, 0.6) is 0 Å². The summed E-state index contributed by atoms with van der Waals surface area (Å²) < 4.78 is 0. The normalized spacial score (nSPS) is 13.9. The van der Waals surface area contributed by atoms with Gasteiger partial charge in [-0.3, -0.25) is 0 Å². The van der Waals surface area contributed by atoms with E-state index in [-0.39, 0.29) is 12.6 Å². The van der Waals surface area contributed by atoms with E-state index in [4.69, 9.17) is 5.11 Å². The number of anilines is 1. The van der Waals surface area contributed by atoms with Crippen LogP contribution in [-0.2, 0) is 6.42 Å². The molecule has 0 aromatic heterocycles. The van der Waals surface area contributed by atoms with Gasteiger partial charge in [-0.1, -0.05) is 18.8 Å². The van der Waals surface area contributed by atoms with Gasteiger partial charge in [-0.25, -0.2) is 4.79 Å². The van der Waals surface area contributed by atoms with Crippen molar-refractivity contribution >= 4 is 11.7 Å². The second-order valence-corrected chi connectivity index (χ2v) is 4.91. The van der Waals surface area contributed by atoms with Crippen molar-refractivity contribution in [2.75, 3.05) is 11.9 Å². The summed E-state index contributed by atoms with van der Waals surface area (Å²) in [5, 5.41) is 14.6. The van der Waals surface area contributed by atoms with E-state index in [0.29, 0.717) is 6.04 Å². The molecule has 0 radical (unpaired) electrons. The Morgan fingerprint density at radius 2 is 2.25 bits per heavy atom. The van der Waals surface area contributed by atoms with E-state index in [9.17, 15) is 4.79 Å². The van der Waals surface area contributed by atoms with E-state index >= 15 is 0 Å². The number of carbonyl (C=O) groups is 1. The van der Waals surface area contributed by atoms with Crippen LogP contribution in [0, 0.1) is 11.8 Å². The summed E-state index contributed by atoms with van der Waals surface area (Å²) in [6.07, 6.45) is 4.16. The lowest BCUT2D eigenvalue weighted by atomic mass is 9.93. The highest BCUT2D eigenvalue weighted by molar-refractivity contribution is 5.90. The number of aliphatic hydroxyl groups is 1. The molecule has 4 heteroatoms. The molecule has 0 saturated heterocycles. The Morgan fingerprint density at radius 1 is 1.45 bits per heavy atom. The first-order valence-corrected chi connectivity index (χ1v) is 7.03. The number of carbonyl (C=O) groups excluding carboxylic acids is 1. The van der Waals surface area contributed by atoms with Gasteiger partial charge in [-0.05, 0) is 49.4 Å². The summed E-state index contributed by atoms with van der Waals surface area (Å²) in [6, 6.07) is 5.84. The Morgan fingerprint density at radius 3 is 2.85 bits per heavy atom. The lowest BCUT2D eigenvalue weighted by Gasteiger charge is -2.26. The Labute approximate surface area is 119 Å². The van der Waals surface area contributed by atoms with Crippen LogP contribution in [0.4, 0.5) is 10.5 Å². The molecule has 106 valence electrons. The van der Waals surface area contributed by atoms with Gasteiger partial charge in [0.1, 0.15) is 6.61 Å². The molecule has 0 unspecified atom stereocenters. The van der Waals surface area contributed by atoms with Crippen LogP contribution in [0.2, 0.25) is 0 Å². The van der Waals surface area contributed by atoms with E-state index < -0.39 is 0 Å². The molecule has 1 fully saturated rings. The molecule has 1 aromatic rings. The molecule has 2 amide bonds. The molecular weight excluding hydrogens is 252 g/mol. The second-order valence-electron chi connectivity index (χ2n) is 4.91. The van der Waals surface area contributed by atoms with Crippen molar-refractivity contribution in [1.82, 2.24) is 5.32 Å². The van der Waals surface area contributed by atoms with Gasteiger partial charge in [-0.2, -0.15) is 0 Å². The molecular formula is C16H20N2O2. The fourth-order valence-electron chi connectivity index (χ4n) is 2.12. The van der Waals surface area contributed by atoms with Gasteiger partial charge < -0.3 is 15.7 Å². The fourth-order valence-corrected chi connectivity index (χ4v) is 2.12. The molecule has 4 nitrogen and oxygen atoms in total. The van der Waals surface area contributed by atoms with E-state index in [2.05, 4.69) is 22.5 Å². The number of hydrogen-bond donors (Lipinski definition) is 3. The first-order valence-electron chi connectivity index (χ1n) is 7.03. The summed E-state index contributed by atoms with van der Waals surface area (Å²) in [5.41, 5.74) is 2.71. The summed E-state index contributed by atoms with van der Waals surface area (Å²) >= 11 is 0. The Bertz CT molecular complexity index is 539. The molecule has 1 aromatic carbocycles. The van der Waals surface area contributed by atoms with Crippen LogP contribution in [0.3, 0.4) is 0 Å². The number of amides is 2. The average Bonchev–Trinajstić information content (AvgIpc) is 2.41. The summed E-state index contributed by atoms with van der Waals surface area (Å²) in [4.78, 5) is 11.9. The first kappa shape index (κ1) is 14.4. The van der Waals surface area contributed by atoms with Crippen molar-refractivity contribution in [2.45, 2.75) is 38.6 Å².